The molecule has 3 rings (SSSR count). The lowest BCUT2D eigenvalue weighted by Gasteiger charge is -2.39. The summed E-state index contributed by atoms with van der Waals surface area (Å²) >= 11 is 0. The number of nitrogens with zero attached hydrogens (tertiary/aromatic N) is 1. The lowest BCUT2D eigenvalue weighted by molar-refractivity contribution is -0.154. The lowest BCUT2D eigenvalue weighted by atomic mass is 9.96. The molecule has 1 fully saturated rings. The summed E-state index contributed by atoms with van der Waals surface area (Å²) in [5.41, 5.74) is 0.499. The van der Waals surface area contributed by atoms with Crippen molar-refractivity contribution >= 4 is 27.0 Å². The standard InChI is InChI=1S/C14H15NO6S/c1-20-13(14(16)17)9-6-15(7-9)22(18,19)12-8-21-11-5-3-2-4-10(11)12/h2-5,8-9,13H,6-7H2,1H3,(H,16,17). The van der Waals surface area contributed by atoms with Gasteiger partial charge in [-0.25, -0.2) is 13.2 Å². The van der Waals surface area contributed by atoms with Gasteiger partial charge in [0.05, 0.1) is 0 Å². The number of hydrogen-bond acceptors (Lipinski definition) is 5. The molecular formula is C14H15NO6S. The van der Waals surface area contributed by atoms with E-state index in [-0.39, 0.29) is 23.9 Å². The van der Waals surface area contributed by atoms with Crippen molar-refractivity contribution in [3.63, 3.8) is 0 Å². The van der Waals surface area contributed by atoms with Gasteiger partial charge in [0, 0.05) is 31.5 Å². The van der Waals surface area contributed by atoms with Crippen LogP contribution in [0.25, 0.3) is 11.0 Å². The predicted molar refractivity (Wildman–Crippen MR) is 76.9 cm³/mol. The van der Waals surface area contributed by atoms with E-state index in [1.807, 2.05) is 0 Å². The third kappa shape index (κ3) is 2.29. The second kappa shape index (κ2) is 5.38. The van der Waals surface area contributed by atoms with Gasteiger partial charge in [-0.05, 0) is 12.1 Å². The molecule has 1 aliphatic rings. The van der Waals surface area contributed by atoms with Crippen molar-refractivity contribution in [3.05, 3.63) is 30.5 Å². The van der Waals surface area contributed by atoms with Gasteiger partial charge < -0.3 is 14.3 Å². The van der Waals surface area contributed by atoms with E-state index in [2.05, 4.69) is 0 Å². The van der Waals surface area contributed by atoms with Gasteiger partial charge >= 0.3 is 5.97 Å². The summed E-state index contributed by atoms with van der Waals surface area (Å²) in [6.07, 6.45) is 0.228. The molecule has 0 aliphatic carbocycles. The molecule has 0 amide bonds. The summed E-state index contributed by atoms with van der Waals surface area (Å²) in [4.78, 5) is 11.1. The number of carboxylic acid groups (broad SMARTS) is 1. The Morgan fingerprint density at radius 3 is 2.73 bits per heavy atom. The number of carbonyl (C=O) groups is 1. The number of ether oxygens (including phenoxy) is 1. The van der Waals surface area contributed by atoms with Crippen LogP contribution >= 0.6 is 0 Å². The normalized spacial score (nSPS) is 18.2. The quantitative estimate of drug-likeness (QED) is 0.886. The molecule has 0 radical (unpaired) electrons. The average Bonchev–Trinajstić information content (AvgIpc) is 2.86. The smallest absolute Gasteiger partial charge is 0.333 e. The van der Waals surface area contributed by atoms with Crippen LogP contribution < -0.4 is 0 Å². The number of fused-ring (bicyclic) bond motifs is 1. The number of hydrogen-bond donors (Lipinski definition) is 1. The largest absolute Gasteiger partial charge is 0.479 e. The monoisotopic (exact) mass is 325 g/mol. The van der Waals surface area contributed by atoms with E-state index in [0.717, 1.165) is 0 Å². The van der Waals surface area contributed by atoms with Crippen molar-refractivity contribution in [1.82, 2.24) is 4.31 Å². The van der Waals surface area contributed by atoms with E-state index in [4.69, 9.17) is 14.3 Å². The zero-order valence-electron chi connectivity index (χ0n) is 11.8. The maximum Gasteiger partial charge on any atom is 0.333 e. The molecule has 118 valence electrons. The fraction of sp³-hybridized carbons (Fsp3) is 0.357. The number of aliphatic carboxylic acids is 1. The van der Waals surface area contributed by atoms with Crippen molar-refractivity contribution in [2.24, 2.45) is 5.92 Å². The molecule has 8 heteroatoms. The van der Waals surface area contributed by atoms with Crippen LogP contribution in [0.3, 0.4) is 0 Å². The van der Waals surface area contributed by atoms with E-state index in [1.165, 1.54) is 17.7 Å². The van der Waals surface area contributed by atoms with Gasteiger partial charge in [0.15, 0.2) is 6.10 Å². The summed E-state index contributed by atoms with van der Waals surface area (Å²) < 4.78 is 36.6. The number of methoxy groups -OCH3 is 1. The Balaban J connectivity index is 1.83. The van der Waals surface area contributed by atoms with Gasteiger partial charge in [0.1, 0.15) is 16.7 Å². The maximum atomic E-state index is 12.6. The molecule has 1 unspecified atom stereocenters. The third-order valence-corrected chi connectivity index (χ3v) is 5.71. The average molecular weight is 325 g/mol. The molecule has 22 heavy (non-hydrogen) atoms. The molecule has 1 N–H and O–H groups in total. The van der Waals surface area contributed by atoms with Crippen LogP contribution in [-0.2, 0) is 19.6 Å². The molecule has 1 aromatic carbocycles. The number of sulfonamides is 1. The number of para-hydroxylation sites is 1. The highest BCUT2D eigenvalue weighted by atomic mass is 32.2. The minimum atomic E-state index is -3.69. The van der Waals surface area contributed by atoms with Crippen molar-refractivity contribution in [2.45, 2.75) is 11.0 Å². The maximum absolute atomic E-state index is 12.6. The first-order chi connectivity index (χ1) is 10.4. The van der Waals surface area contributed by atoms with Gasteiger partial charge in [0.2, 0.25) is 10.0 Å². The molecular weight excluding hydrogens is 310 g/mol. The van der Waals surface area contributed by atoms with Crippen molar-refractivity contribution < 1.29 is 27.5 Å². The van der Waals surface area contributed by atoms with E-state index >= 15 is 0 Å². The highest BCUT2D eigenvalue weighted by Crippen LogP contribution is 2.32. The first-order valence-electron chi connectivity index (χ1n) is 6.67. The fourth-order valence-corrected chi connectivity index (χ4v) is 4.31. The molecule has 2 heterocycles. The molecule has 1 aromatic heterocycles. The minimum absolute atomic E-state index is 0.103. The molecule has 0 saturated carbocycles. The second-order valence-corrected chi connectivity index (χ2v) is 7.08. The van der Waals surface area contributed by atoms with Crippen LogP contribution in [-0.4, -0.2) is 50.1 Å². The zero-order chi connectivity index (χ0) is 15.9. The van der Waals surface area contributed by atoms with Gasteiger partial charge in [-0.15, -0.1) is 0 Å². The van der Waals surface area contributed by atoms with E-state index in [0.29, 0.717) is 11.0 Å². The molecule has 0 spiro atoms. The van der Waals surface area contributed by atoms with Crippen LogP contribution in [0.5, 0.6) is 0 Å². The molecule has 7 nitrogen and oxygen atoms in total. The summed E-state index contributed by atoms with van der Waals surface area (Å²) in [6.45, 7) is 0.235. The Bertz CT molecular complexity index is 806. The predicted octanol–water partition coefficient (Wildman–Crippen LogP) is 1.15. The Morgan fingerprint density at radius 1 is 1.41 bits per heavy atom. The molecule has 1 saturated heterocycles. The summed E-state index contributed by atoms with van der Waals surface area (Å²) in [7, 11) is -2.39. The Hall–Kier alpha value is -1.90. The van der Waals surface area contributed by atoms with Gasteiger partial charge in [-0.2, -0.15) is 4.31 Å². The van der Waals surface area contributed by atoms with Crippen LogP contribution in [0.4, 0.5) is 0 Å². The Labute approximate surface area is 127 Å². The van der Waals surface area contributed by atoms with Crippen LogP contribution in [0.1, 0.15) is 0 Å². The van der Waals surface area contributed by atoms with Crippen molar-refractivity contribution in [1.29, 1.82) is 0 Å². The molecule has 1 aliphatic heterocycles. The Kier molecular flexibility index (Phi) is 3.67. The van der Waals surface area contributed by atoms with Crippen LogP contribution in [0, 0.1) is 5.92 Å². The van der Waals surface area contributed by atoms with Gasteiger partial charge in [-0.1, -0.05) is 12.1 Å². The number of carboxylic acids is 1. The van der Waals surface area contributed by atoms with Crippen LogP contribution in [0.2, 0.25) is 0 Å². The fourth-order valence-electron chi connectivity index (χ4n) is 2.64. The first kappa shape index (κ1) is 15.0. The Morgan fingerprint density at radius 2 is 2.09 bits per heavy atom. The van der Waals surface area contributed by atoms with E-state index < -0.39 is 22.1 Å². The van der Waals surface area contributed by atoms with Crippen molar-refractivity contribution in [3.8, 4) is 0 Å². The number of rotatable bonds is 5. The lowest BCUT2D eigenvalue weighted by Crippen LogP contribution is -2.56. The minimum Gasteiger partial charge on any atom is -0.479 e. The second-order valence-electron chi connectivity index (χ2n) is 5.17. The third-order valence-electron chi connectivity index (χ3n) is 3.87. The number of benzene rings is 1. The summed E-state index contributed by atoms with van der Waals surface area (Å²) in [6, 6.07) is 6.87. The topological polar surface area (TPSA) is 97.0 Å². The van der Waals surface area contributed by atoms with E-state index in [1.54, 1.807) is 24.3 Å². The summed E-state index contributed by atoms with van der Waals surface area (Å²) in [5.74, 6) is -1.44. The zero-order valence-corrected chi connectivity index (χ0v) is 12.6. The van der Waals surface area contributed by atoms with Gasteiger partial charge in [0.25, 0.3) is 0 Å². The van der Waals surface area contributed by atoms with Gasteiger partial charge in [-0.3, -0.25) is 0 Å². The molecule has 1 atom stereocenters. The van der Waals surface area contributed by atoms with E-state index in [9.17, 15) is 13.2 Å². The highest BCUT2D eigenvalue weighted by Gasteiger charge is 2.44. The summed E-state index contributed by atoms with van der Waals surface area (Å²) in [5, 5.41) is 9.54. The SMILES string of the molecule is COC(C(=O)O)C1CN(S(=O)(=O)c2coc3ccccc23)C1. The molecule has 0 bridgehead atoms. The van der Waals surface area contributed by atoms with Crippen molar-refractivity contribution in [2.75, 3.05) is 20.2 Å². The first-order valence-corrected chi connectivity index (χ1v) is 8.11. The molecule has 2 aromatic rings. The van der Waals surface area contributed by atoms with Crippen LogP contribution in [0.15, 0.2) is 39.8 Å². The highest BCUT2D eigenvalue weighted by molar-refractivity contribution is 7.89. The number of furan rings is 1.